The molecule has 1 aliphatic carbocycles. The Bertz CT molecular complexity index is 482. The van der Waals surface area contributed by atoms with E-state index in [0.717, 1.165) is 25.7 Å². The maximum atomic E-state index is 12.1. The Morgan fingerprint density at radius 2 is 2.00 bits per heavy atom. The van der Waals surface area contributed by atoms with E-state index < -0.39 is 5.91 Å². The molecule has 108 valence electrons. The number of amides is 2. The van der Waals surface area contributed by atoms with Crippen molar-refractivity contribution in [2.75, 3.05) is 11.9 Å². The molecule has 0 atom stereocenters. The van der Waals surface area contributed by atoms with Crippen molar-refractivity contribution in [2.24, 2.45) is 11.7 Å². The molecule has 0 radical (unpaired) electrons. The van der Waals surface area contributed by atoms with Crippen molar-refractivity contribution >= 4 is 17.5 Å². The van der Waals surface area contributed by atoms with Gasteiger partial charge in [-0.15, -0.1) is 0 Å². The highest BCUT2D eigenvalue weighted by Gasteiger charge is 2.21. The fourth-order valence-corrected chi connectivity index (χ4v) is 2.43. The number of nitrogens with one attached hydrogen (secondary N) is 1. The maximum Gasteiger partial charge on any atom is 0.255 e. The number of carbonyl (C=O) groups is 2. The fraction of sp³-hybridized carbons (Fsp3) is 0.467. The van der Waals surface area contributed by atoms with Gasteiger partial charge in [-0.05, 0) is 25.0 Å². The van der Waals surface area contributed by atoms with Crippen molar-refractivity contribution in [1.29, 1.82) is 0 Å². The number of rotatable bonds is 5. The summed E-state index contributed by atoms with van der Waals surface area (Å²) in [5.41, 5.74) is 5.71. The molecule has 1 fully saturated rings. The lowest BCUT2D eigenvalue weighted by atomic mass is 9.88. The van der Waals surface area contributed by atoms with Gasteiger partial charge in [0.15, 0.2) is 6.61 Å². The molecule has 0 bridgehead atoms. The molecule has 1 aromatic carbocycles. The zero-order valence-electron chi connectivity index (χ0n) is 11.4. The Hall–Kier alpha value is -2.04. The largest absolute Gasteiger partial charge is 0.484 e. The van der Waals surface area contributed by atoms with Crippen LogP contribution in [0.15, 0.2) is 24.3 Å². The van der Waals surface area contributed by atoms with E-state index >= 15 is 0 Å². The first-order chi connectivity index (χ1) is 9.65. The van der Waals surface area contributed by atoms with Gasteiger partial charge >= 0.3 is 0 Å². The molecule has 0 unspecified atom stereocenters. The normalized spacial score (nSPS) is 15.6. The molecule has 0 saturated heterocycles. The van der Waals surface area contributed by atoms with Crippen LogP contribution in [-0.4, -0.2) is 18.4 Å². The zero-order valence-corrected chi connectivity index (χ0v) is 11.4. The quantitative estimate of drug-likeness (QED) is 0.863. The minimum Gasteiger partial charge on any atom is -0.484 e. The molecule has 3 N–H and O–H groups in total. The average Bonchev–Trinajstić information content (AvgIpc) is 2.46. The highest BCUT2D eigenvalue weighted by molar-refractivity contribution is 5.92. The van der Waals surface area contributed by atoms with Gasteiger partial charge in [-0.3, -0.25) is 9.59 Å². The van der Waals surface area contributed by atoms with Crippen molar-refractivity contribution in [1.82, 2.24) is 0 Å². The first-order valence-corrected chi connectivity index (χ1v) is 6.97. The molecule has 1 aliphatic rings. The molecule has 5 heteroatoms. The van der Waals surface area contributed by atoms with Crippen molar-refractivity contribution < 1.29 is 14.3 Å². The smallest absolute Gasteiger partial charge is 0.255 e. The van der Waals surface area contributed by atoms with Gasteiger partial charge in [-0.1, -0.05) is 25.3 Å². The summed E-state index contributed by atoms with van der Waals surface area (Å²) in [6.07, 6.45) is 5.40. The predicted molar refractivity (Wildman–Crippen MR) is 76.3 cm³/mol. The molecule has 2 rings (SSSR count). The standard InChI is InChI=1S/C15H20N2O3/c16-14(18)10-20-13-8-4-7-12(9-13)17-15(19)11-5-2-1-3-6-11/h4,7-9,11H,1-3,5-6,10H2,(H2,16,18)(H,17,19). The van der Waals surface area contributed by atoms with Crippen LogP contribution in [0.1, 0.15) is 32.1 Å². The summed E-state index contributed by atoms with van der Waals surface area (Å²) < 4.78 is 5.21. The van der Waals surface area contributed by atoms with Gasteiger partial charge in [-0.25, -0.2) is 0 Å². The van der Waals surface area contributed by atoms with E-state index in [1.165, 1.54) is 6.42 Å². The molecule has 0 heterocycles. The van der Waals surface area contributed by atoms with Gasteiger partial charge in [0.25, 0.3) is 5.91 Å². The number of ether oxygens (including phenoxy) is 1. The van der Waals surface area contributed by atoms with Crippen LogP contribution >= 0.6 is 0 Å². The number of hydrogen-bond acceptors (Lipinski definition) is 3. The second-order valence-electron chi connectivity index (χ2n) is 5.11. The van der Waals surface area contributed by atoms with Gasteiger partial charge in [-0.2, -0.15) is 0 Å². The van der Waals surface area contributed by atoms with E-state index in [1.807, 2.05) is 0 Å². The Labute approximate surface area is 118 Å². The summed E-state index contributed by atoms with van der Waals surface area (Å²) in [4.78, 5) is 22.8. The summed E-state index contributed by atoms with van der Waals surface area (Å²) in [5.74, 6) is 0.169. The number of nitrogens with two attached hydrogens (primary N) is 1. The summed E-state index contributed by atoms with van der Waals surface area (Å²) in [5, 5.41) is 2.90. The van der Waals surface area contributed by atoms with E-state index in [0.29, 0.717) is 11.4 Å². The summed E-state index contributed by atoms with van der Waals surface area (Å²) in [6, 6.07) is 6.99. The second kappa shape index (κ2) is 6.93. The summed E-state index contributed by atoms with van der Waals surface area (Å²) in [6.45, 7) is -0.167. The minimum atomic E-state index is -0.526. The number of anilines is 1. The average molecular weight is 276 g/mol. The van der Waals surface area contributed by atoms with Gasteiger partial charge in [0.05, 0.1) is 0 Å². The Balaban J connectivity index is 1.93. The van der Waals surface area contributed by atoms with Crippen LogP contribution in [0.5, 0.6) is 5.75 Å². The summed E-state index contributed by atoms with van der Waals surface area (Å²) in [7, 11) is 0. The Morgan fingerprint density at radius 1 is 1.25 bits per heavy atom. The molecular weight excluding hydrogens is 256 g/mol. The lowest BCUT2D eigenvalue weighted by molar-refractivity contribution is -0.121. The summed E-state index contributed by atoms with van der Waals surface area (Å²) >= 11 is 0. The molecule has 2 amide bonds. The van der Waals surface area contributed by atoms with Crippen LogP contribution in [0.2, 0.25) is 0 Å². The minimum absolute atomic E-state index is 0.0664. The first-order valence-electron chi connectivity index (χ1n) is 6.97. The van der Waals surface area contributed by atoms with E-state index in [4.69, 9.17) is 10.5 Å². The fourth-order valence-electron chi connectivity index (χ4n) is 2.43. The SMILES string of the molecule is NC(=O)COc1cccc(NC(=O)C2CCCCC2)c1. The van der Waals surface area contributed by atoms with E-state index in [1.54, 1.807) is 24.3 Å². The van der Waals surface area contributed by atoms with Gasteiger partial charge in [0, 0.05) is 17.7 Å². The van der Waals surface area contributed by atoms with Crippen molar-refractivity contribution in [3.8, 4) is 5.75 Å². The topological polar surface area (TPSA) is 81.4 Å². The molecule has 5 nitrogen and oxygen atoms in total. The molecular formula is C15H20N2O3. The number of primary amides is 1. The Kier molecular flexibility index (Phi) is 4.98. The monoisotopic (exact) mass is 276 g/mol. The third kappa shape index (κ3) is 4.26. The Morgan fingerprint density at radius 3 is 2.70 bits per heavy atom. The van der Waals surface area contributed by atoms with Gasteiger partial charge in [0.1, 0.15) is 5.75 Å². The van der Waals surface area contributed by atoms with E-state index in [-0.39, 0.29) is 18.4 Å². The van der Waals surface area contributed by atoms with Crippen LogP contribution in [0.3, 0.4) is 0 Å². The molecule has 0 aliphatic heterocycles. The lowest BCUT2D eigenvalue weighted by Crippen LogP contribution is -2.24. The van der Waals surface area contributed by atoms with Gasteiger partial charge in [0.2, 0.25) is 5.91 Å². The molecule has 1 saturated carbocycles. The van der Waals surface area contributed by atoms with Crippen molar-refractivity contribution in [3.05, 3.63) is 24.3 Å². The third-order valence-electron chi connectivity index (χ3n) is 3.46. The molecule has 0 spiro atoms. The van der Waals surface area contributed by atoms with Crippen LogP contribution in [0.25, 0.3) is 0 Å². The van der Waals surface area contributed by atoms with Crippen LogP contribution in [0, 0.1) is 5.92 Å². The van der Waals surface area contributed by atoms with Crippen molar-refractivity contribution in [3.63, 3.8) is 0 Å². The zero-order chi connectivity index (χ0) is 14.4. The van der Waals surface area contributed by atoms with Crippen LogP contribution < -0.4 is 15.8 Å². The van der Waals surface area contributed by atoms with Crippen LogP contribution in [0.4, 0.5) is 5.69 Å². The molecule has 1 aromatic rings. The second-order valence-corrected chi connectivity index (χ2v) is 5.11. The lowest BCUT2D eigenvalue weighted by Gasteiger charge is -2.20. The first kappa shape index (κ1) is 14.4. The number of carbonyl (C=O) groups excluding carboxylic acids is 2. The molecule has 20 heavy (non-hydrogen) atoms. The number of benzene rings is 1. The maximum absolute atomic E-state index is 12.1. The highest BCUT2D eigenvalue weighted by Crippen LogP contribution is 2.25. The predicted octanol–water partition coefficient (Wildman–Crippen LogP) is 2.07. The van der Waals surface area contributed by atoms with E-state index in [9.17, 15) is 9.59 Å². The number of hydrogen-bond donors (Lipinski definition) is 2. The van der Waals surface area contributed by atoms with E-state index in [2.05, 4.69) is 5.32 Å². The van der Waals surface area contributed by atoms with Crippen LogP contribution in [-0.2, 0) is 9.59 Å². The van der Waals surface area contributed by atoms with Gasteiger partial charge < -0.3 is 15.8 Å². The highest BCUT2D eigenvalue weighted by atomic mass is 16.5. The third-order valence-corrected chi connectivity index (χ3v) is 3.46. The molecule has 0 aromatic heterocycles. The van der Waals surface area contributed by atoms with Crippen molar-refractivity contribution in [2.45, 2.75) is 32.1 Å².